The van der Waals surface area contributed by atoms with Gasteiger partial charge in [0.25, 0.3) is 5.91 Å². The summed E-state index contributed by atoms with van der Waals surface area (Å²) in [5, 5.41) is 16.1. The van der Waals surface area contributed by atoms with Gasteiger partial charge in [-0.1, -0.05) is 0 Å². The highest BCUT2D eigenvalue weighted by Gasteiger charge is 2.31. The van der Waals surface area contributed by atoms with Gasteiger partial charge in [0.05, 0.1) is 24.4 Å². The molecule has 31 heavy (non-hydrogen) atoms. The molecule has 4 rings (SSSR count). The molecule has 2 aromatic carbocycles. The number of hydrogen-bond donors (Lipinski definition) is 2. The Hall–Kier alpha value is -2.94. The molecular weight excluding hydrogens is 401 g/mol. The first kappa shape index (κ1) is 21.3. The van der Waals surface area contributed by atoms with Gasteiger partial charge in [-0.05, 0) is 54.7 Å². The van der Waals surface area contributed by atoms with Gasteiger partial charge < -0.3 is 14.8 Å². The zero-order valence-electron chi connectivity index (χ0n) is 17.8. The van der Waals surface area contributed by atoms with E-state index >= 15 is 0 Å². The number of hydroxylamine groups is 3. The Morgan fingerprint density at radius 1 is 1.26 bits per heavy atom. The quantitative estimate of drug-likeness (QED) is 0.534. The van der Waals surface area contributed by atoms with Gasteiger partial charge in [0.2, 0.25) is 0 Å². The second-order valence-electron chi connectivity index (χ2n) is 7.79. The van der Waals surface area contributed by atoms with Gasteiger partial charge in [-0.2, -0.15) is 10.0 Å². The molecule has 1 amide bonds. The second-order valence-corrected chi connectivity index (χ2v) is 7.79. The largest absolute Gasteiger partial charge is 0.455 e. The molecule has 1 aliphatic carbocycles. The number of amides is 1. The molecule has 1 saturated carbocycles. The number of furan rings is 1. The Balaban J connectivity index is 1.93. The van der Waals surface area contributed by atoms with Crippen LogP contribution in [0.15, 0.2) is 40.8 Å². The van der Waals surface area contributed by atoms with Crippen LogP contribution in [0.2, 0.25) is 0 Å². The monoisotopic (exact) mass is 427 g/mol. The molecule has 1 aromatic heterocycles. The van der Waals surface area contributed by atoms with E-state index in [1.165, 1.54) is 12.1 Å². The lowest BCUT2D eigenvalue weighted by Crippen LogP contribution is -2.33. The summed E-state index contributed by atoms with van der Waals surface area (Å²) in [6.45, 7) is 0.190. The molecule has 0 radical (unpaired) electrons. The molecule has 0 saturated heterocycles. The average molecular weight is 427 g/mol. The lowest BCUT2D eigenvalue weighted by Gasteiger charge is -2.27. The lowest BCUT2D eigenvalue weighted by molar-refractivity contribution is -0.135. The van der Waals surface area contributed by atoms with Crippen molar-refractivity contribution in [2.24, 2.45) is 0 Å². The van der Waals surface area contributed by atoms with Crippen molar-refractivity contribution in [1.82, 2.24) is 10.4 Å². The molecule has 3 aromatic rings. The highest BCUT2D eigenvalue weighted by Crippen LogP contribution is 2.47. The van der Waals surface area contributed by atoms with Gasteiger partial charge in [0.1, 0.15) is 17.2 Å². The van der Waals surface area contributed by atoms with Crippen molar-refractivity contribution in [3.05, 3.63) is 53.3 Å². The number of anilines is 1. The Bertz CT molecular complexity index is 1090. The number of fused-ring (bicyclic) bond motifs is 1. The Labute approximate surface area is 179 Å². The first-order chi connectivity index (χ1) is 14.9. The molecule has 1 fully saturated rings. The van der Waals surface area contributed by atoms with Crippen LogP contribution in [0, 0.1) is 5.82 Å². The smallest absolute Gasteiger partial charge is 0.255 e. The second kappa shape index (κ2) is 8.66. The molecule has 0 bridgehead atoms. The third-order valence-electron chi connectivity index (χ3n) is 5.25. The van der Waals surface area contributed by atoms with Crippen molar-refractivity contribution in [2.45, 2.75) is 18.8 Å². The first-order valence-electron chi connectivity index (χ1n) is 10.2. The minimum Gasteiger partial charge on any atom is -0.455 e. The fraction of sp³-hybridized carbons (Fsp3) is 0.348. The summed E-state index contributed by atoms with van der Waals surface area (Å²) in [7, 11) is 5.10. The summed E-state index contributed by atoms with van der Waals surface area (Å²) in [6.07, 6.45) is 2.09. The molecule has 7 nitrogen and oxygen atoms in total. The van der Waals surface area contributed by atoms with Crippen LogP contribution in [0.25, 0.3) is 22.3 Å². The summed E-state index contributed by atoms with van der Waals surface area (Å²) in [5.74, 6) is 0.105. The van der Waals surface area contributed by atoms with E-state index in [4.69, 9.17) is 9.36 Å². The summed E-state index contributed by atoms with van der Waals surface area (Å²) in [5.41, 5.74) is 3.38. The number of carbonyl (C=O) groups excluding carboxylic acids is 1. The number of aliphatic hydroxyl groups excluding tert-OH is 1. The molecular formula is C23H26FN3O4. The number of hydrogen-bond acceptors (Lipinski definition) is 6. The van der Waals surface area contributed by atoms with Crippen LogP contribution in [0.1, 0.15) is 34.7 Å². The molecule has 2 N–H and O–H groups in total. The van der Waals surface area contributed by atoms with Crippen LogP contribution in [0.5, 0.6) is 0 Å². The van der Waals surface area contributed by atoms with E-state index in [0.717, 1.165) is 24.1 Å². The predicted octanol–water partition coefficient (Wildman–Crippen LogP) is 3.68. The summed E-state index contributed by atoms with van der Waals surface area (Å²) >= 11 is 0. The molecule has 1 heterocycles. The van der Waals surface area contributed by atoms with Gasteiger partial charge in [-0.3, -0.25) is 4.79 Å². The Kier molecular flexibility index (Phi) is 5.95. The van der Waals surface area contributed by atoms with E-state index < -0.39 is 0 Å². The van der Waals surface area contributed by atoms with Crippen LogP contribution in [0.3, 0.4) is 0 Å². The van der Waals surface area contributed by atoms with Crippen molar-refractivity contribution < 1.29 is 23.6 Å². The topological polar surface area (TPSA) is 78.2 Å². The normalized spacial score (nSPS) is 13.7. The fourth-order valence-electron chi connectivity index (χ4n) is 3.73. The number of nitrogens with zero attached hydrogens (tertiary/aromatic N) is 2. The van der Waals surface area contributed by atoms with Crippen LogP contribution >= 0.6 is 0 Å². The predicted molar refractivity (Wildman–Crippen MR) is 116 cm³/mol. The third-order valence-corrected chi connectivity index (χ3v) is 5.25. The maximum Gasteiger partial charge on any atom is 0.255 e. The maximum absolute atomic E-state index is 13.4. The Morgan fingerprint density at radius 3 is 2.55 bits per heavy atom. The molecule has 0 unspecified atom stereocenters. The van der Waals surface area contributed by atoms with Gasteiger partial charge in [0.15, 0.2) is 0 Å². The van der Waals surface area contributed by atoms with Crippen molar-refractivity contribution in [3.8, 4) is 11.3 Å². The number of nitrogens with one attached hydrogen (secondary N) is 1. The minimum atomic E-state index is -0.361. The first-order valence-corrected chi connectivity index (χ1v) is 10.2. The third kappa shape index (κ3) is 4.27. The standard InChI is InChI=1S/C23H26FN3O4/c1-25-23(29)21-18-12-17(14-4-5-14)19(27(10-11-28)31-26(2)3)13-20(18)30-22(21)15-6-8-16(24)9-7-15/h6-9,12-14,28H,4-5,10-11H2,1-3H3,(H,25,29). The molecule has 0 atom stereocenters. The zero-order chi connectivity index (χ0) is 22.1. The maximum atomic E-state index is 13.4. The van der Waals surface area contributed by atoms with E-state index in [1.54, 1.807) is 43.4 Å². The molecule has 8 heteroatoms. The molecule has 0 aliphatic heterocycles. The van der Waals surface area contributed by atoms with Gasteiger partial charge >= 0.3 is 0 Å². The van der Waals surface area contributed by atoms with Crippen LogP contribution in [-0.4, -0.2) is 50.4 Å². The van der Waals surface area contributed by atoms with Gasteiger partial charge in [-0.25, -0.2) is 9.45 Å². The van der Waals surface area contributed by atoms with E-state index in [1.807, 2.05) is 12.1 Å². The molecule has 1 aliphatic rings. The highest BCUT2D eigenvalue weighted by molar-refractivity contribution is 6.11. The van der Waals surface area contributed by atoms with E-state index in [9.17, 15) is 14.3 Å². The van der Waals surface area contributed by atoms with Crippen molar-refractivity contribution >= 4 is 22.6 Å². The van der Waals surface area contributed by atoms with Gasteiger partial charge in [-0.15, -0.1) is 0 Å². The number of rotatable bonds is 8. The number of halogens is 1. The van der Waals surface area contributed by atoms with Crippen LogP contribution < -0.4 is 10.4 Å². The number of aliphatic hydroxyl groups is 1. The summed E-state index contributed by atoms with van der Waals surface area (Å²) < 4.78 is 19.6. The van der Waals surface area contributed by atoms with E-state index in [0.29, 0.717) is 33.8 Å². The van der Waals surface area contributed by atoms with E-state index in [-0.39, 0.29) is 24.9 Å². The zero-order valence-corrected chi connectivity index (χ0v) is 17.8. The molecule has 0 spiro atoms. The number of benzene rings is 2. The fourth-order valence-corrected chi connectivity index (χ4v) is 3.73. The van der Waals surface area contributed by atoms with Crippen molar-refractivity contribution in [1.29, 1.82) is 0 Å². The van der Waals surface area contributed by atoms with Gasteiger partial charge in [0, 0.05) is 38.2 Å². The van der Waals surface area contributed by atoms with Crippen molar-refractivity contribution in [3.63, 3.8) is 0 Å². The van der Waals surface area contributed by atoms with Crippen LogP contribution in [-0.2, 0) is 4.94 Å². The van der Waals surface area contributed by atoms with Crippen molar-refractivity contribution in [2.75, 3.05) is 39.4 Å². The lowest BCUT2D eigenvalue weighted by atomic mass is 10.0. The minimum absolute atomic E-state index is 0.0849. The molecule has 164 valence electrons. The average Bonchev–Trinajstić information content (AvgIpc) is 3.52. The van der Waals surface area contributed by atoms with E-state index in [2.05, 4.69) is 5.32 Å². The SMILES string of the molecule is CNC(=O)c1c(-c2ccc(F)cc2)oc2cc(N(CCO)ON(C)C)c(C3CC3)cc12. The van der Waals surface area contributed by atoms with Crippen LogP contribution in [0.4, 0.5) is 10.1 Å². The summed E-state index contributed by atoms with van der Waals surface area (Å²) in [6, 6.07) is 9.69. The summed E-state index contributed by atoms with van der Waals surface area (Å²) in [4.78, 5) is 18.6. The number of carbonyl (C=O) groups is 1. The Morgan fingerprint density at radius 2 is 1.97 bits per heavy atom. The highest BCUT2D eigenvalue weighted by atomic mass is 19.1.